The Labute approximate surface area is 194 Å². The van der Waals surface area contributed by atoms with Crippen LogP contribution in [0.15, 0.2) is 47.4 Å². The highest BCUT2D eigenvalue weighted by atomic mass is 32.2. The molecule has 0 radical (unpaired) electrons. The fourth-order valence-electron chi connectivity index (χ4n) is 4.24. The van der Waals surface area contributed by atoms with Gasteiger partial charge in [0.05, 0.1) is 11.5 Å². The van der Waals surface area contributed by atoms with Crippen LogP contribution in [0.2, 0.25) is 0 Å². The molecule has 33 heavy (non-hydrogen) atoms. The summed E-state index contributed by atoms with van der Waals surface area (Å²) in [5.41, 5.74) is 2.26. The monoisotopic (exact) mass is 470 g/mol. The van der Waals surface area contributed by atoms with Gasteiger partial charge in [0.25, 0.3) is 0 Å². The number of nitrogens with zero attached hydrogens (tertiary/aromatic N) is 1. The first-order valence-electron chi connectivity index (χ1n) is 11.1. The summed E-state index contributed by atoms with van der Waals surface area (Å²) < 4.78 is 39.4. The number of carbonyl (C=O) groups is 1. The van der Waals surface area contributed by atoms with Gasteiger partial charge >= 0.3 is 6.09 Å². The van der Waals surface area contributed by atoms with Crippen LogP contribution in [0.3, 0.4) is 0 Å². The van der Waals surface area contributed by atoms with Gasteiger partial charge in [0, 0.05) is 35.1 Å². The number of carbonyl (C=O) groups excluding carboxylic acids is 1. The first-order chi connectivity index (χ1) is 15.5. The third-order valence-corrected chi connectivity index (χ3v) is 7.56. The minimum Gasteiger partial charge on any atom is -0.494 e. The molecule has 1 atom stereocenters. The van der Waals surface area contributed by atoms with Crippen LogP contribution < -0.4 is 4.74 Å². The summed E-state index contributed by atoms with van der Waals surface area (Å²) in [5, 5.41) is -0.492. The molecule has 8 heteroatoms. The number of nitrogens with one attached hydrogen (secondary N) is 1. The second-order valence-electron chi connectivity index (χ2n) is 9.30. The fraction of sp³-hybridized carbons (Fsp3) is 0.400. The van der Waals surface area contributed by atoms with Crippen LogP contribution >= 0.6 is 0 Å². The molecule has 0 spiro atoms. The van der Waals surface area contributed by atoms with E-state index in [1.165, 1.54) is 4.90 Å². The van der Waals surface area contributed by atoms with Crippen LogP contribution in [0.25, 0.3) is 10.9 Å². The number of amides is 1. The Balaban J connectivity index is 1.94. The highest BCUT2D eigenvalue weighted by Gasteiger charge is 2.44. The molecule has 0 fully saturated rings. The molecule has 0 aliphatic carbocycles. The van der Waals surface area contributed by atoms with E-state index in [0.29, 0.717) is 24.3 Å². The van der Waals surface area contributed by atoms with Gasteiger partial charge in [0.15, 0.2) is 5.37 Å². The summed E-state index contributed by atoms with van der Waals surface area (Å²) in [5.74, 6) is 0.646. The van der Waals surface area contributed by atoms with Gasteiger partial charge in [-0.1, -0.05) is 12.1 Å². The Morgan fingerprint density at radius 2 is 1.94 bits per heavy atom. The van der Waals surface area contributed by atoms with Gasteiger partial charge in [0.1, 0.15) is 11.4 Å². The Morgan fingerprint density at radius 3 is 2.61 bits per heavy atom. The van der Waals surface area contributed by atoms with E-state index in [9.17, 15) is 13.2 Å². The highest BCUT2D eigenvalue weighted by Crippen LogP contribution is 2.43. The average molecular weight is 471 g/mol. The van der Waals surface area contributed by atoms with E-state index in [1.54, 1.807) is 39.0 Å². The van der Waals surface area contributed by atoms with Crippen molar-refractivity contribution in [3.8, 4) is 5.75 Å². The Morgan fingerprint density at radius 1 is 1.18 bits per heavy atom. The summed E-state index contributed by atoms with van der Waals surface area (Å²) in [6.07, 6.45) is -0.155. The van der Waals surface area contributed by atoms with E-state index in [1.807, 2.05) is 38.1 Å². The van der Waals surface area contributed by atoms with Crippen molar-refractivity contribution in [2.45, 2.75) is 56.9 Å². The van der Waals surface area contributed by atoms with Crippen molar-refractivity contribution < 1.29 is 22.7 Å². The molecule has 4 rings (SSSR count). The quantitative estimate of drug-likeness (QED) is 0.570. The predicted molar refractivity (Wildman–Crippen MR) is 127 cm³/mol. The lowest BCUT2D eigenvalue weighted by Crippen LogP contribution is -2.45. The molecule has 1 aromatic heterocycles. The molecule has 0 saturated carbocycles. The van der Waals surface area contributed by atoms with Crippen molar-refractivity contribution in [3.63, 3.8) is 0 Å². The lowest BCUT2D eigenvalue weighted by atomic mass is 10.0. The molecular formula is C25H30N2O5S. The average Bonchev–Trinajstić information content (AvgIpc) is 3.10. The van der Waals surface area contributed by atoms with Gasteiger partial charge in [-0.3, -0.25) is 4.90 Å². The van der Waals surface area contributed by atoms with Crippen LogP contribution in [0, 0.1) is 6.92 Å². The summed E-state index contributed by atoms with van der Waals surface area (Å²) in [4.78, 5) is 18.1. The van der Waals surface area contributed by atoms with Crippen LogP contribution in [-0.2, 0) is 21.0 Å². The number of H-pyrrole nitrogens is 1. The molecular weight excluding hydrogens is 440 g/mol. The minimum atomic E-state index is -3.97. The minimum absolute atomic E-state index is 0.171. The lowest BCUT2D eigenvalue weighted by Gasteiger charge is -2.36. The number of hydrogen-bond donors (Lipinski definition) is 1. The third kappa shape index (κ3) is 4.44. The zero-order valence-electron chi connectivity index (χ0n) is 19.6. The van der Waals surface area contributed by atoms with Crippen LogP contribution in [0.5, 0.6) is 5.75 Å². The molecule has 0 bridgehead atoms. The maximum absolute atomic E-state index is 14.0. The van der Waals surface area contributed by atoms with Crippen LogP contribution in [-0.4, -0.2) is 43.1 Å². The van der Waals surface area contributed by atoms with Crippen molar-refractivity contribution in [2.24, 2.45) is 0 Å². The molecule has 1 aliphatic rings. The molecule has 176 valence electrons. The van der Waals surface area contributed by atoms with E-state index < -0.39 is 26.9 Å². The van der Waals surface area contributed by atoms with Gasteiger partial charge in [-0.25, -0.2) is 13.2 Å². The molecule has 2 aromatic carbocycles. The van der Waals surface area contributed by atoms with E-state index in [4.69, 9.17) is 9.47 Å². The van der Waals surface area contributed by atoms with E-state index >= 15 is 0 Å². The van der Waals surface area contributed by atoms with Gasteiger partial charge in [-0.05, 0) is 70.5 Å². The molecule has 0 saturated heterocycles. The topological polar surface area (TPSA) is 88.7 Å². The van der Waals surface area contributed by atoms with Gasteiger partial charge in [-0.15, -0.1) is 0 Å². The summed E-state index contributed by atoms with van der Waals surface area (Å²) in [6.45, 7) is 9.76. The molecule has 2 heterocycles. The maximum atomic E-state index is 14.0. The van der Waals surface area contributed by atoms with Gasteiger partial charge < -0.3 is 14.5 Å². The number of aromatic nitrogens is 1. The smallest absolute Gasteiger partial charge is 0.411 e. The number of aromatic amines is 1. The standard InChI is InChI=1S/C25H30N2O5S/c1-6-31-17-10-11-20-19(15-17)22-21(26-20)12-13-27(24(28)32-25(3,4)5)23(22)33(29,30)18-9-7-8-16(2)14-18/h7-11,14-15,23,26H,6,12-13H2,1-5H3. The second kappa shape index (κ2) is 8.41. The van der Waals surface area contributed by atoms with E-state index in [-0.39, 0.29) is 11.4 Å². The zero-order chi connectivity index (χ0) is 24.0. The number of hydrogen-bond acceptors (Lipinski definition) is 5. The first kappa shape index (κ1) is 23.2. The lowest BCUT2D eigenvalue weighted by molar-refractivity contribution is 0.0209. The number of rotatable bonds is 4. The molecule has 1 aliphatic heterocycles. The molecule has 1 N–H and O–H groups in total. The number of ether oxygens (including phenoxy) is 2. The van der Waals surface area contributed by atoms with E-state index in [0.717, 1.165) is 22.2 Å². The SMILES string of the molecule is CCOc1ccc2[nH]c3c(c2c1)C(S(=O)(=O)c1cccc(C)c1)N(C(=O)OC(C)(C)C)CC3. The molecule has 3 aromatic rings. The highest BCUT2D eigenvalue weighted by molar-refractivity contribution is 7.91. The number of fused-ring (bicyclic) bond motifs is 3. The van der Waals surface area contributed by atoms with Crippen molar-refractivity contribution in [1.82, 2.24) is 9.88 Å². The maximum Gasteiger partial charge on any atom is 0.411 e. The Kier molecular flexibility index (Phi) is 5.90. The van der Waals surface area contributed by atoms with Gasteiger partial charge in [0.2, 0.25) is 9.84 Å². The van der Waals surface area contributed by atoms with Crippen LogP contribution in [0.1, 0.15) is 49.9 Å². The largest absolute Gasteiger partial charge is 0.494 e. The van der Waals surface area contributed by atoms with Gasteiger partial charge in [-0.2, -0.15) is 0 Å². The Hall–Kier alpha value is -3.00. The Bertz CT molecular complexity index is 1300. The summed E-state index contributed by atoms with van der Waals surface area (Å²) in [7, 11) is -3.97. The predicted octanol–water partition coefficient (Wildman–Crippen LogP) is 5.14. The fourth-order valence-corrected chi connectivity index (χ4v) is 6.22. The second-order valence-corrected chi connectivity index (χ2v) is 11.3. The summed E-state index contributed by atoms with van der Waals surface area (Å²) in [6, 6.07) is 12.3. The summed E-state index contributed by atoms with van der Waals surface area (Å²) >= 11 is 0. The molecule has 1 unspecified atom stereocenters. The molecule has 1 amide bonds. The van der Waals surface area contributed by atoms with Crippen molar-refractivity contribution >= 4 is 26.8 Å². The van der Waals surface area contributed by atoms with E-state index in [2.05, 4.69) is 4.98 Å². The molecule has 7 nitrogen and oxygen atoms in total. The number of benzene rings is 2. The van der Waals surface area contributed by atoms with Crippen LogP contribution in [0.4, 0.5) is 4.79 Å². The van der Waals surface area contributed by atoms with Crippen molar-refractivity contribution in [1.29, 1.82) is 0 Å². The zero-order valence-corrected chi connectivity index (χ0v) is 20.5. The number of aryl methyl sites for hydroxylation is 1. The third-order valence-electron chi connectivity index (χ3n) is 5.58. The first-order valence-corrected chi connectivity index (χ1v) is 12.6. The van der Waals surface area contributed by atoms with Crippen molar-refractivity contribution in [3.05, 3.63) is 59.3 Å². The van der Waals surface area contributed by atoms with Crippen molar-refractivity contribution in [2.75, 3.05) is 13.2 Å². The number of sulfone groups is 1. The normalized spacial score (nSPS) is 16.5.